The van der Waals surface area contributed by atoms with Crippen molar-refractivity contribution in [3.63, 3.8) is 0 Å². The van der Waals surface area contributed by atoms with Gasteiger partial charge in [0, 0.05) is 27.4 Å². The first-order valence-corrected chi connectivity index (χ1v) is 10.2. The van der Waals surface area contributed by atoms with E-state index in [9.17, 15) is 14.4 Å². The van der Waals surface area contributed by atoms with Crippen LogP contribution in [0.4, 0.5) is 0 Å². The number of unbranched alkanes of at least 4 members (excludes halogenated alkanes) is 6. The van der Waals surface area contributed by atoms with E-state index >= 15 is 0 Å². The number of hydrogen-bond donors (Lipinski definition) is 0. The molecule has 0 aliphatic carbocycles. The number of allylic oxidation sites excluding steroid dienone is 1. The van der Waals surface area contributed by atoms with E-state index in [0.29, 0.717) is 6.61 Å². The van der Waals surface area contributed by atoms with Crippen molar-refractivity contribution < 1.29 is 38.1 Å². The van der Waals surface area contributed by atoms with E-state index in [2.05, 4.69) is 6.58 Å². The van der Waals surface area contributed by atoms with E-state index in [0.717, 1.165) is 25.7 Å². The van der Waals surface area contributed by atoms with Crippen LogP contribution < -0.4 is 0 Å². The Morgan fingerprint density at radius 2 is 1.41 bits per heavy atom. The summed E-state index contributed by atoms with van der Waals surface area (Å²) in [5.41, 5.74) is 0. The zero-order valence-electron chi connectivity index (χ0n) is 17.7. The molecule has 8 nitrogen and oxygen atoms in total. The second-order valence-corrected chi connectivity index (χ2v) is 7.07. The summed E-state index contributed by atoms with van der Waals surface area (Å²) in [7, 11) is 0. The Hall–Kier alpha value is -1.93. The van der Waals surface area contributed by atoms with Crippen LogP contribution in [0.25, 0.3) is 0 Å². The topological polar surface area (TPSA) is 97.4 Å². The maximum absolute atomic E-state index is 11.6. The number of rotatable bonds is 13. The van der Waals surface area contributed by atoms with Gasteiger partial charge in [-0.1, -0.05) is 31.8 Å². The Morgan fingerprint density at radius 3 is 2.00 bits per heavy atom. The molecule has 1 aliphatic rings. The summed E-state index contributed by atoms with van der Waals surface area (Å²) in [5, 5.41) is 0. The van der Waals surface area contributed by atoms with Gasteiger partial charge in [-0.25, -0.2) is 0 Å². The summed E-state index contributed by atoms with van der Waals surface area (Å²) in [6.07, 6.45) is 5.69. The molecule has 0 bridgehead atoms. The lowest BCUT2D eigenvalue weighted by Gasteiger charge is -2.40. The molecule has 0 radical (unpaired) electrons. The Bertz CT molecular complexity index is 533. The van der Waals surface area contributed by atoms with Crippen molar-refractivity contribution in [2.24, 2.45) is 0 Å². The molecular weight excluding hydrogens is 380 g/mol. The van der Waals surface area contributed by atoms with E-state index in [1.165, 1.54) is 40.0 Å². The lowest BCUT2D eigenvalue weighted by Crippen LogP contribution is -2.58. The smallest absolute Gasteiger partial charge is 0.303 e. The van der Waals surface area contributed by atoms with Crippen LogP contribution >= 0.6 is 0 Å². The molecule has 166 valence electrons. The molecule has 0 amide bonds. The van der Waals surface area contributed by atoms with Gasteiger partial charge >= 0.3 is 17.9 Å². The second-order valence-electron chi connectivity index (χ2n) is 7.07. The maximum atomic E-state index is 11.6. The van der Waals surface area contributed by atoms with Gasteiger partial charge in [-0.2, -0.15) is 0 Å². The van der Waals surface area contributed by atoms with Crippen LogP contribution in [0.3, 0.4) is 0 Å². The van der Waals surface area contributed by atoms with Crippen LogP contribution in [0.1, 0.15) is 65.7 Å². The standard InChI is InChI=1S/C21H34O8/c1-5-6-7-8-9-10-11-12-13-25-21-20(29-17(4)24)19(28-16(3)23)18(14-26-21)27-15(2)22/h5,18-21H,1,6-14H2,2-4H3/t18-,19+,20-,21+/m1/s1. The van der Waals surface area contributed by atoms with Crippen LogP contribution in [0.15, 0.2) is 12.7 Å². The SMILES string of the molecule is C=CCCCCCCCCO[C@H]1OC[C@@H](OC(C)=O)[C@H](OC(C)=O)[C@H]1OC(C)=O. The lowest BCUT2D eigenvalue weighted by molar-refractivity contribution is -0.281. The monoisotopic (exact) mass is 414 g/mol. The van der Waals surface area contributed by atoms with Gasteiger partial charge < -0.3 is 23.7 Å². The van der Waals surface area contributed by atoms with Crippen LogP contribution in [0.2, 0.25) is 0 Å². The van der Waals surface area contributed by atoms with Crippen LogP contribution in [0, 0.1) is 0 Å². The van der Waals surface area contributed by atoms with Crippen molar-refractivity contribution in [2.75, 3.05) is 13.2 Å². The van der Waals surface area contributed by atoms with E-state index in [-0.39, 0.29) is 6.61 Å². The third kappa shape index (κ3) is 10.4. The highest BCUT2D eigenvalue weighted by Crippen LogP contribution is 2.25. The molecule has 1 aliphatic heterocycles. The van der Waals surface area contributed by atoms with E-state index in [4.69, 9.17) is 23.7 Å². The first kappa shape index (κ1) is 25.1. The van der Waals surface area contributed by atoms with E-state index < -0.39 is 42.5 Å². The lowest BCUT2D eigenvalue weighted by atomic mass is 10.0. The average molecular weight is 414 g/mol. The molecule has 0 aromatic carbocycles. The highest BCUT2D eigenvalue weighted by Gasteiger charge is 2.47. The minimum absolute atomic E-state index is 0.0245. The van der Waals surface area contributed by atoms with Gasteiger partial charge in [-0.3, -0.25) is 14.4 Å². The summed E-state index contributed by atoms with van der Waals surface area (Å²) >= 11 is 0. The largest absolute Gasteiger partial charge is 0.456 e. The van der Waals surface area contributed by atoms with Crippen LogP contribution in [-0.4, -0.2) is 55.7 Å². The van der Waals surface area contributed by atoms with Crippen molar-refractivity contribution in [2.45, 2.75) is 90.3 Å². The summed E-state index contributed by atoms with van der Waals surface area (Å²) in [6.45, 7) is 7.82. The molecule has 4 atom stereocenters. The second kappa shape index (κ2) is 14.1. The molecule has 1 fully saturated rings. The molecule has 0 N–H and O–H groups in total. The van der Waals surface area contributed by atoms with Gasteiger partial charge in [0.25, 0.3) is 0 Å². The molecule has 0 saturated carbocycles. The first-order valence-electron chi connectivity index (χ1n) is 10.2. The minimum Gasteiger partial charge on any atom is -0.456 e. The van der Waals surface area contributed by atoms with Crippen LogP contribution in [0.5, 0.6) is 0 Å². The highest BCUT2D eigenvalue weighted by molar-refractivity contribution is 5.68. The fourth-order valence-electron chi connectivity index (χ4n) is 3.15. The predicted molar refractivity (Wildman–Crippen MR) is 105 cm³/mol. The van der Waals surface area contributed by atoms with E-state index in [1.54, 1.807) is 0 Å². The molecule has 1 rings (SSSR count). The van der Waals surface area contributed by atoms with Crippen molar-refractivity contribution in [1.82, 2.24) is 0 Å². The Labute approximate surface area is 172 Å². The number of hydrogen-bond acceptors (Lipinski definition) is 8. The Morgan fingerprint density at radius 1 is 0.862 bits per heavy atom. The molecule has 0 unspecified atom stereocenters. The fraction of sp³-hybridized carbons (Fsp3) is 0.762. The summed E-state index contributed by atoms with van der Waals surface area (Å²) in [6, 6.07) is 0. The van der Waals surface area contributed by atoms with Gasteiger partial charge in [-0.05, 0) is 19.3 Å². The molecular formula is C21H34O8. The van der Waals surface area contributed by atoms with Crippen molar-refractivity contribution in [3.8, 4) is 0 Å². The quantitative estimate of drug-likeness (QED) is 0.196. The fourth-order valence-corrected chi connectivity index (χ4v) is 3.15. The predicted octanol–water partition coefficient (Wildman–Crippen LogP) is 3.07. The Balaban J connectivity index is 2.56. The molecule has 1 saturated heterocycles. The number of carbonyl (C=O) groups is 3. The number of carbonyl (C=O) groups excluding carboxylic acids is 3. The molecule has 0 spiro atoms. The zero-order chi connectivity index (χ0) is 21.6. The molecule has 0 aromatic heterocycles. The average Bonchev–Trinajstić information content (AvgIpc) is 2.63. The van der Waals surface area contributed by atoms with Crippen molar-refractivity contribution in [1.29, 1.82) is 0 Å². The summed E-state index contributed by atoms with van der Waals surface area (Å²) < 4.78 is 27.1. The molecule has 1 heterocycles. The summed E-state index contributed by atoms with van der Waals surface area (Å²) in [4.78, 5) is 34.4. The molecule has 8 heteroatoms. The molecule has 0 aromatic rings. The van der Waals surface area contributed by atoms with Gasteiger partial charge in [0.2, 0.25) is 0 Å². The highest BCUT2D eigenvalue weighted by atomic mass is 16.7. The number of esters is 3. The summed E-state index contributed by atoms with van der Waals surface area (Å²) in [5.74, 6) is -1.71. The third-order valence-electron chi connectivity index (χ3n) is 4.39. The van der Waals surface area contributed by atoms with E-state index in [1.807, 2.05) is 6.08 Å². The van der Waals surface area contributed by atoms with Crippen molar-refractivity contribution >= 4 is 17.9 Å². The number of ether oxygens (including phenoxy) is 5. The molecule has 29 heavy (non-hydrogen) atoms. The van der Waals surface area contributed by atoms with Gasteiger partial charge in [-0.15, -0.1) is 6.58 Å². The minimum atomic E-state index is -1.02. The van der Waals surface area contributed by atoms with Crippen LogP contribution in [-0.2, 0) is 38.1 Å². The van der Waals surface area contributed by atoms with Gasteiger partial charge in [0.15, 0.2) is 24.6 Å². The van der Waals surface area contributed by atoms with Crippen molar-refractivity contribution in [3.05, 3.63) is 12.7 Å². The first-order chi connectivity index (χ1) is 13.8. The zero-order valence-corrected chi connectivity index (χ0v) is 17.7. The maximum Gasteiger partial charge on any atom is 0.303 e. The Kier molecular flexibility index (Phi) is 12.2. The normalized spacial score (nSPS) is 23.8. The third-order valence-corrected chi connectivity index (χ3v) is 4.39. The van der Waals surface area contributed by atoms with Gasteiger partial charge in [0.1, 0.15) is 0 Å². The van der Waals surface area contributed by atoms with Gasteiger partial charge in [0.05, 0.1) is 6.61 Å².